The first kappa shape index (κ1) is 19.9. The number of ether oxygens (including phenoxy) is 2. The minimum absolute atomic E-state index is 0.343. The lowest BCUT2D eigenvalue weighted by Gasteiger charge is -2.26. The second-order valence-corrected chi connectivity index (χ2v) is 7.59. The Morgan fingerprint density at radius 3 is 1.57 bits per heavy atom. The molecule has 0 aliphatic heterocycles. The first-order valence-corrected chi connectivity index (χ1v) is 7.90. The van der Waals surface area contributed by atoms with Gasteiger partial charge in [-0.1, -0.05) is 26.2 Å². The van der Waals surface area contributed by atoms with Crippen molar-refractivity contribution in [1.29, 1.82) is 0 Å². The molecule has 0 radical (unpaired) electrons. The number of unbranched alkanes of at least 4 members (excludes halogenated alkanes) is 3. The Hall–Kier alpha value is -1.06. The summed E-state index contributed by atoms with van der Waals surface area (Å²) in [5.41, 5.74) is -1.20. The molecule has 0 aromatic carbocycles. The summed E-state index contributed by atoms with van der Waals surface area (Å²) in [5.74, 6) is -0.686. The van der Waals surface area contributed by atoms with Crippen LogP contribution in [0, 0.1) is 10.8 Å². The molecule has 0 N–H and O–H groups in total. The molecule has 0 fully saturated rings. The van der Waals surface area contributed by atoms with Gasteiger partial charge in [0.05, 0.1) is 10.8 Å². The van der Waals surface area contributed by atoms with E-state index in [9.17, 15) is 9.59 Å². The van der Waals surface area contributed by atoms with Crippen molar-refractivity contribution in [3.63, 3.8) is 0 Å². The Bertz CT molecular complexity index is 306. The molecule has 0 saturated carbocycles. The molecule has 0 aromatic heterocycles. The molecular formula is C17H32O4. The van der Waals surface area contributed by atoms with E-state index in [0.717, 1.165) is 25.7 Å². The molecule has 0 rings (SSSR count). The predicted molar refractivity (Wildman–Crippen MR) is 83.6 cm³/mol. The van der Waals surface area contributed by atoms with Crippen molar-refractivity contribution in [3.05, 3.63) is 0 Å². The number of carbonyl (C=O) groups is 2. The van der Waals surface area contributed by atoms with E-state index in [4.69, 9.17) is 9.47 Å². The van der Waals surface area contributed by atoms with Gasteiger partial charge >= 0.3 is 11.9 Å². The maximum absolute atomic E-state index is 12.0. The fraction of sp³-hybridized carbons (Fsp3) is 0.882. The maximum Gasteiger partial charge on any atom is 0.314 e. The number of hydrogen-bond acceptors (Lipinski definition) is 4. The largest absolute Gasteiger partial charge is 0.425 e. The minimum atomic E-state index is -0.777. The zero-order valence-corrected chi connectivity index (χ0v) is 14.7. The summed E-state index contributed by atoms with van der Waals surface area (Å²) in [6, 6.07) is 0. The van der Waals surface area contributed by atoms with Crippen LogP contribution in [0.4, 0.5) is 0 Å². The lowest BCUT2D eigenvalue weighted by molar-refractivity contribution is -0.200. The van der Waals surface area contributed by atoms with Gasteiger partial charge in [0.1, 0.15) is 0 Å². The van der Waals surface area contributed by atoms with Crippen LogP contribution in [0.2, 0.25) is 0 Å². The van der Waals surface area contributed by atoms with Gasteiger partial charge < -0.3 is 9.47 Å². The van der Waals surface area contributed by atoms with E-state index in [1.54, 1.807) is 41.5 Å². The van der Waals surface area contributed by atoms with Crippen molar-refractivity contribution in [2.45, 2.75) is 86.9 Å². The van der Waals surface area contributed by atoms with Crippen molar-refractivity contribution in [2.75, 3.05) is 0 Å². The quantitative estimate of drug-likeness (QED) is 0.395. The molecule has 4 nitrogen and oxygen atoms in total. The van der Waals surface area contributed by atoms with Gasteiger partial charge in [-0.25, -0.2) is 0 Å². The summed E-state index contributed by atoms with van der Waals surface area (Å²) in [5, 5.41) is 0. The van der Waals surface area contributed by atoms with Crippen LogP contribution in [0.1, 0.15) is 80.6 Å². The van der Waals surface area contributed by atoms with Crippen molar-refractivity contribution in [1.82, 2.24) is 0 Å². The van der Waals surface area contributed by atoms with Crippen LogP contribution in [0.5, 0.6) is 0 Å². The molecule has 21 heavy (non-hydrogen) atoms. The van der Waals surface area contributed by atoms with Crippen LogP contribution in [-0.2, 0) is 19.1 Å². The van der Waals surface area contributed by atoms with Gasteiger partial charge in [-0.3, -0.25) is 9.59 Å². The van der Waals surface area contributed by atoms with Gasteiger partial charge in [-0.15, -0.1) is 0 Å². The van der Waals surface area contributed by atoms with Crippen LogP contribution in [0.25, 0.3) is 0 Å². The van der Waals surface area contributed by atoms with Crippen molar-refractivity contribution >= 4 is 11.9 Å². The van der Waals surface area contributed by atoms with Crippen LogP contribution in [0.15, 0.2) is 0 Å². The lowest BCUT2D eigenvalue weighted by Crippen LogP contribution is -2.34. The summed E-state index contributed by atoms with van der Waals surface area (Å²) < 4.78 is 10.8. The summed E-state index contributed by atoms with van der Waals surface area (Å²) in [6.45, 7) is 12.9. The van der Waals surface area contributed by atoms with E-state index < -0.39 is 17.1 Å². The molecule has 4 heteroatoms. The van der Waals surface area contributed by atoms with E-state index in [0.29, 0.717) is 6.42 Å². The summed E-state index contributed by atoms with van der Waals surface area (Å²) in [7, 11) is 0. The Morgan fingerprint density at radius 2 is 1.24 bits per heavy atom. The van der Waals surface area contributed by atoms with Crippen LogP contribution in [0.3, 0.4) is 0 Å². The second kappa shape index (κ2) is 8.40. The molecule has 0 aliphatic rings. The van der Waals surface area contributed by atoms with E-state index in [1.807, 2.05) is 0 Å². The number of esters is 2. The molecule has 0 aromatic rings. The molecule has 0 atom stereocenters. The average Bonchev–Trinajstić information content (AvgIpc) is 2.31. The van der Waals surface area contributed by atoms with Crippen LogP contribution >= 0.6 is 0 Å². The molecule has 0 unspecified atom stereocenters. The average molecular weight is 300 g/mol. The third-order valence-electron chi connectivity index (χ3n) is 3.00. The van der Waals surface area contributed by atoms with E-state index in [2.05, 4.69) is 6.92 Å². The smallest absolute Gasteiger partial charge is 0.314 e. The van der Waals surface area contributed by atoms with Gasteiger partial charge in [0.25, 0.3) is 0 Å². The van der Waals surface area contributed by atoms with Crippen molar-refractivity contribution < 1.29 is 19.1 Å². The fourth-order valence-electron chi connectivity index (χ4n) is 1.47. The van der Waals surface area contributed by atoms with Crippen LogP contribution < -0.4 is 0 Å². The zero-order chi connectivity index (χ0) is 16.7. The van der Waals surface area contributed by atoms with E-state index >= 15 is 0 Å². The standard InChI is InChI=1S/C17H32O4/c1-8-9-10-11-12-13(20-14(18)16(2,3)4)21-15(19)17(5,6)7/h13H,8-12H2,1-7H3. The van der Waals surface area contributed by atoms with Gasteiger partial charge in [0.15, 0.2) is 0 Å². The predicted octanol–water partition coefficient (Wildman–Crippen LogP) is 4.46. The van der Waals surface area contributed by atoms with Gasteiger partial charge in [0.2, 0.25) is 6.29 Å². The van der Waals surface area contributed by atoms with Gasteiger partial charge in [0, 0.05) is 6.42 Å². The van der Waals surface area contributed by atoms with E-state index in [-0.39, 0.29) is 11.9 Å². The molecule has 0 aliphatic carbocycles. The highest BCUT2D eigenvalue weighted by Gasteiger charge is 2.31. The maximum atomic E-state index is 12.0. The third kappa shape index (κ3) is 8.74. The highest BCUT2D eigenvalue weighted by molar-refractivity contribution is 5.77. The normalized spacial score (nSPS) is 12.4. The van der Waals surface area contributed by atoms with Crippen molar-refractivity contribution in [2.24, 2.45) is 10.8 Å². The molecule has 0 saturated heterocycles. The highest BCUT2D eigenvalue weighted by atomic mass is 16.7. The number of hydrogen-bond donors (Lipinski definition) is 0. The second-order valence-electron chi connectivity index (χ2n) is 7.59. The zero-order valence-electron chi connectivity index (χ0n) is 14.7. The monoisotopic (exact) mass is 300 g/mol. The Morgan fingerprint density at radius 1 is 0.810 bits per heavy atom. The SMILES string of the molecule is CCCCCCC(OC(=O)C(C)(C)C)OC(=O)C(C)(C)C. The van der Waals surface area contributed by atoms with Crippen molar-refractivity contribution in [3.8, 4) is 0 Å². The molecular weight excluding hydrogens is 268 g/mol. The van der Waals surface area contributed by atoms with E-state index in [1.165, 1.54) is 0 Å². The number of carbonyl (C=O) groups excluding carboxylic acids is 2. The van der Waals surface area contributed by atoms with Gasteiger partial charge in [-0.2, -0.15) is 0 Å². The Kier molecular flexibility index (Phi) is 7.98. The Labute approximate surface area is 129 Å². The first-order chi connectivity index (χ1) is 9.48. The lowest BCUT2D eigenvalue weighted by atomic mass is 9.97. The minimum Gasteiger partial charge on any atom is -0.425 e. The summed E-state index contributed by atoms with van der Waals surface area (Å²) in [6.07, 6.45) is 3.98. The molecule has 0 heterocycles. The molecule has 0 bridgehead atoms. The third-order valence-corrected chi connectivity index (χ3v) is 3.00. The van der Waals surface area contributed by atoms with Gasteiger partial charge in [-0.05, 0) is 48.0 Å². The topological polar surface area (TPSA) is 52.6 Å². The fourth-order valence-corrected chi connectivity index (χ4v) is 1.47. The highest BCUT2D eigenvalue weighted by Crippen LogP contribution is 2.22. The summed E-state index contributed by atoms with van der Waals surface area (Å²) >= 11 is 0. The molecule has 0 amide bonds. The molecule has 0 spiro atoms. The Balaban J connectivity index is 4.62. The summed E-state index contributed by atoms with van der Waals surface area (Å²) in [4.78, 5) is 24.0. The first-order valence-electron chi connectivity index (χ1n) is 7.90. The van der Waals surface area contributed by atoms with Crippen LogP contribution in [-0.4, -0.2) is 18.2 Å². The molecule has 124 valence electrons. The number of rotatable bonds is 7.